The van der Waals surface area contributed by atoms with Gasteiger partial charge in [-0.05, 0) is 13.3 Å². The third-order valence-electron chi connectivity index (χ3n) is 1.21. The molecule has 0 radical (unpaired) electrons. The maximum absolute atomic E-state index is 9.89. The Balaban J connectivity index is 3.53. The van der Waals surface area contributed by atoms with Gasteiger partial charge in [-0.3, -0.25) is 0 Å². The summed E-state index contributed by atoms with van der Waals surface area (Å²) in [4.78, 5) is 9.89. The van der Waals surface area contributed by atoms with Gasteiger partial charge in [0.05, 0.1) is 0 Å². The SMILES string of the molecule is C/C=C(\CC)CC=O. The van der Waals surface area contributed by atoms with Crippen LogP contribution in [0.5, 0.6) is 0 Å². The van der Waals surface area contributed by atoms with E-state index in [1.54, 1.807) is 0 Å². The van der Waals surface area contributed by atoms with Crippen LogP contribution in [0.4, 0.5) is 0 Å². The normalized spacial score (nSPS) is 11.5. The fraction of sp³-hybridized carbons (Fsp3) is 0.571. The minimum Gasteiger partial charge on any atom is -0.303 e. The monoisotopic (exact) mass is 112 g/mol. The van der Waals surface area contributed by atoms with E-state index in [0.717, 1.165) is 12.7 Å². The summed E-state index contributed by atoms with van der Waals surface area (Å²) >= 11 is 0. The van der Waals surface area contributed by atoms with Gasteiger partial charge in [-0.25, -0.2) is 0 Å². The quantitative estimate of drug-likeness (QED) is 0.402. The van der Waals surface area contributed by atoms with Crippen LogP contribution in [0, 0.1) is 0 Å². The lowest BCUT2D eigenvalue weighted by Crippen LogP contribution is -1.79. The molecule has 0 saturated carbocycles. The van der Waals surface area contributed by atoms with Crippen molar-refractivity contribution in [2.24, 2.45) is 0 Å². The van der Waals surface area contributed by atoms with E-state index in [1.807, 2.05) is 13.0 Å². The zero-order valence-corrected chi connectivity index (χ0v) is 5.48. The highest BCUT2D eigenvalue weighted by Crippen LogP contribution is 2.01. The van der Waals surface area contributed by atoms with Gasteiger partial charge < -0.3 is 4.79 Å². The number of carbonyl (C=O) groups excluding carboxylic acids is 1. The fourth-order valence-corrected chi connectivity index (χ4v) is 0.573. The molecule has 0 rings (SSSR count). The molecule has 0 bridgehead atoms. The number of hydrogen-bond donors (Lipinski definition) is 0. The largest absolute Gasteiger partial charge is 0.303 e. The van der Waals surface area contributed by atoms with E-state index in [1.165, 1.54) is 5.57 Å². The van der Waals surface area contributed by atoms with E-state index < -0.39 is 0 Å². The second kappa shape index (κ2) is 4.57. The smallest absolute Gasteiger partial charge is 0.124 e. The van der Waals surface area contributed by atoms with E-state index >= 15 is 0 Å². The van der Waals surface area contributed by atoms with Crippen LogP contribution in [0.1, 0.15) is 26.7 Å². The first-order valence-electron chi connectivity index (χ1n) is 2.92. The van der Waals surface area contributed by atoms with Gasteiger partial charge in [0.25, 0.3) is 0 Å². The average molecular weight is 112 g/mol. The van der Waals surface area contributed by atoms with Crippen molar-refractivity contribution in [2.45, 2.75) is 26.7 Å². The maximum atomic E-state index is 9.89. The molecule has 0 atom stereocenters. The van der Waals surface area contributed by atoms with Gasteiger partial charge in [0.2, 0.25) is 0 Å². The molecule has 0 aromatic heterocycles. The van der Waals surface area contributed by atoms with Crippen molar-refractivity contribution in [3.05, 3.63) is 11.6 Å². The van der Waals surface area contributed by atoms with Crippen molar-refractivity contribution in [1.82, 2.24) is 0 Å². The summed E-state index contributed by atoms with van der Waals surface area (Å²) in [5.74, 6) is 0. The van der Waals surface area contributed by atoms with Gasteiger partial charge in [-0.2, -0.15) is 0 Å². The minimum atomic E-state index is 0.604. The molecule has 0 amide bonds. The molecule has 1 nitrogen and oxygen atoms in total. The summed E-state index contributed by atoms with van der Waals surface area (Å²) in [6.45, 7) is 4.02. The predicted molar refractivity (Wildman–Crippen MR) is 34.7 cm³/mol. The summed E-state index contributed by atoms with van der Waals surface area (Å²) in [5.41, 5.74) is 1.22. The highest BCUT2D eigenvalue weighted by atomic mass is 16.1. The van der Waals surface area contributed by atoms with Crippen molar-refractivity contribution in [2.75, 3.05) is 0 Å². The molecule has 0 spiro atoms. The standard InChI is InChI=1S/C7H12O/c1-3-7(4-2)5-6-8/h3,6H,4-5H2,1-2H3/b7-3+. The highest BCUT2D eigenvalue weighted by molar-refractivity contribution is 5.54. The van der Waals surface area contributed by atoms with Gasteiger partial charge in [0.15, 0.2) is 0 Å². The third-order valence-corrected chi connectivity index (χ3v) is 1.21. The number of hydrogen-bond acceptors (Lipinski definition) is 1. The van der Waals surface area contributed by atoms with Crippen molar-refractivity contribution in [3.8, 4) is 0 Å². The lowest BCUT2D eigenvalue weighted by Gasteiger charge is -1.92. The van der Waals surface area contributed by atoms with Crippen LogP contribution in [-0.4, -0.2) is 6.29 Å². The van der Waals surface area contributed by atoms with E-state index in [0.29, 0.717) is 6.42 Å². The molecule has 0 saturated heterocycles. The molecule has 1 heteroatoms. The summed E-state index contributed by atoms with van der Waals surface area (Å²) in [5, 5.41) is 0. The first-order chi connectivity index (χ1) is 3.85. The van der Waals surface area contributed by atoms with Crippen LogP contribution in [0.2, 0.25) is 0 Å². The van der Waals surface area contributed by atoms with E-state index in [4.69, 9.17) is 0 Å². The van der Waals surface area contributed by atoms with Crippen LogP contribution in [0.3, 0.4) is 0 Å². The van der Waals surface area contributed by atoms with Crippen molar-refractivity contribution in [3.63, 3.8) is 0 Å². The Kier molecular flexibility index (Phi) is 4.23. The lowest BCUT2D eigenvalue weighted by molar-refractivity contribution is -0.107. The second-order valence-corrected chi connectivity index (χ2v) is 1.67. The zero-order chi connectivity index (χ0) is 6.41. The number of carbonyl (C=O) groups is 1. The van der Waals surface area contributed by atoms with Crippen LogP contribution in [0.25, 0.3) is 0 Å². The van der Waals surface area contributed by atoms with Gasteiger partial charge in [0, 0.05) is 6.42 Å². The van der Waals surface area contributed by atoms with E-state index in [2.05, 4.69) is 6.92 Å². The van der Waals surface area contributed by atoms with Gasteiger partial charge in [-0.1, -0.05) is 18.6 Å². The maximum Gasteiger partial charge on any atom is 0.124 e. The summed E-state index contributed by atoms with van der Waals surface area (Å²) < 4.78 is 0. The Hall–Kier alpha value is -0.590. The fourth-order valence-electron chi connectivity index (χ4n) is 0.573. The summed E-state index contributed by atoms with van der Waals surface area (Å²) in [6, 6.07) is 0. The van der Waals surface area contributed by atoms with Crippen LogP contribution >= 0.6 is 0 Å². The number of allylic oxidation sites excluding steroid dienone is 2. The van der Waals surface area contributed by atoms with E-state index in [-0.39, 0.29) is 0 Å². The number of aldehydes is 1. The zero-order valence-electron chi connectivity index (χ0n) is 5.48. The Labute approximate surface area is 50.4 Å². The molecule has 0 aliphatic carbocycles. The molecule has 46 valence electrons. The molecule has 0 heterocycles. The molecular formula is C7H12O. The Morgan fingerprint density at radius 1 is 1.62 bits per heavy atom. The topological polar surface area (TPSA) is 17.1 Å². The third kappa shape index (κ3) is 2.56. The van der Waals surface area contributed by atoms with Crippen molar-refractivity contribution < 1.29 is 4.79 Å². The molecule has 0 N–H and O–H groups in total. The Morgan fingerprint density at radius 3 is 2.38 bits per heavy atom. The lowest BCUT2D eigenvalue weighted by atomic mass is 10.1. The molecule has 0 fully saturated rings. The minimum absolute atomic E-state index is 0.604. The van der Waals surface area contributed by atoms with E-state index in [9.17, 15) is 4.79 Å². The second-order valence-electron chi connectivity index (χ2n) is 1.67. The molecule has 0 aromatic carbocycles. The predicted octanol–water partition coefficient (Wildman–Crippen LogP) is 1.93. The van der Waals surface area contributed by atoms with Gasteiger partial charge in [-0.15, -0.1) is 0 Å². The first-order valence-corrected chi connectivity index (χ1v) is 2.92. The first kappa shape index (κ1) is 7.41. The molecular weight excluding hydrogens is 100 g/mol. The number of rotatable bonds is 3. The van der Waals surface area contributed by atoms with Gasteiger partial charge >= 0.3 is 0 Å². The van der Waals surface area contributed by atoms with Crippen LogP contribution in [0.15, 0.2) is 11.6 Å². The van der Waals surface area contributed by atoms with Crippen molar-refractivity contribution in [1.29, 1.82) is 0 Å². The van der Waals surface area contributed by atoms with Gasteiger partial charge in [0.1, 0.15) is 6.29 Å². The highest BCUT2D eigenvalue weighted by Gasteiger charge is 1.87. The summed E-state index contributed by atoms with van der Waals surface area (Å²) in [7, 11) is 0. The molecule has 0 unspecified atom stereocenters. The molecule has 8 heavy (non-hydrogen) atoms. The summed E-state index contributed by atoms with van der Waals surface area (Å²) in [6.07, 6.45) is 4.54. The average Bonchev–Trinajstić information content (AvgIpc) is 1.83. The van der Waals surface area contributed by atoms with Crippen molar-refractivity contribution >= 4 is 6.29 Å². The molecule has 0 aromatic rings. The molecule has 0 aliphatic heterocycles. The Bertz CT molecular complexity index is 92.6. The Morgan fingerprint density at radius 2 is 2.25 bits per heavy atom. The van der Waals surface area contributed by atoms with Crippen LogP contribution in [-0.2, 0) is 4.79 Å². The molecule has 0 aliphatic rings. The van der Waals surface area contributed by atoms with Crippen LogP contribution < -0.4 is 0 Å².